The van der Waals surface area contributed by atoms with Crippen molar-refractivity contribution in [1.29, 1.82) is 0 Å². The van der Waals surface area contributed by atoms with Gasteiger partial charge < -0.3 is 4.90 Å². The number of nitrogens with zero attached hydrogens (tertiary/aromatic N) is 1. The van der Waals surface area contributed by atoms with Gasteiger partial charge in [0.25, 0.3) is 0 Å². The zero-order valence-electron chi connectivity index (χ0n) is 15.4. The Morgan fingerprint density at radius 2 is 1.82 bits per heavy atom. The van der Waals surface area contributed by atoms with Gasteiger partial charge in [0.05, 0.1) is 0 Å². The van der Waals surface area contributed by atoms with E-state index in [-0.39, 0.29) is 0 Å². The molecule has 22 heavy (non-hydrogen) atoms. The highest BCUT2D eigenvalue weighted by atomic mass is 15.1. The van der Waals surface area contributed by atoms with Crippen LogP contribution in [0.1, 0.15) is 59.8 Å². The van der Waals surface area contributed by atoms with Gasteiger partial charge in [0.1, 0.15) is 0 Å². The average Bonchev–Trinajstić information content (AvgIpc) is 2.52. The van der Waals surface area contributed by atoms with E-state index in [1.165, 1.54) is 37.7 Å². The van der Waals surface area contributed by atoms with Gasteiger partial charge in [0.15, 0.2) is 0 Å². The van der Waals surface area contributed by atoms with Crippen molar-refractivity contribution in [3.8, 4) is 0 Å². The minimum absolute atomic E-state index is 1.06. The molecule has 0 unspecified atom stereocenters. The Labute approximate surface area is 138 Å². The zero-order chi connectivity index (χ0) is 17.0. The van der Waals surface area contributed by atoms with Crippen molar-refractivity contribution in [2.45, 2.75) is 59.8 Å². The monoisotopic (exact) mass is 301 g/mol. The molecule has 0 bridgehead atoms. The van der Waals surface area contributed by atoms with E-state index in [9.17, 15) is 0 Å². The van der Waals surface area contributed by atoms with E-state index < -0.39 is 0 Å². The highest BCUT2D eigenvalue weighted by Crippen LogP contribution is 2.22. The van der Waals surface area contributed by atoms with E-state index in [0.717, 1.165) is 17.8 Å². The second-order valence-corrected chi connectivity index (χ2v) is 5.89. The number of hydrogen-bond donors (Lipinski definition) is 0. The predicted molar refractivity (Wildman–Crippen MR) is 102 cm³/mol. The van der Waals surface area contributed by atoms with Crippen LogP contribution in [-0.4, -0.2) is 18.5 Å². The Hall–Kier alpha value is -1.50. The molecule has 1 aliphatic rings. The fourth-order valence-corrected chi connectivity index (χ4v) is 2.20. The van der Waals surface area contributed by atoms with Gasteiger partial charge in [-0.2, -0.15) is 0 Å². The molecular weight excluding hydrogens is 266 g/mol. The van der Waals surface area contributed by atoms with Gasteiger partial charge in [-0.15, -0.1) is 0 Å². The van der Waals surface area contributed by atoms with Gasteiger partial charge in [-0.3, -0.25) is 0 Å². The normalized spacial score (nSPS) is 13.9. The van der Waals surface area contributed by atoms with Crippen LogP contribution in [0.3, 0.4) is 0 Å². The summed E-state index contributed by atoms with van der Waals surface area (Å²) < 4.78 is 0. The van der Waals surface area contributed by atoms with E-state index in [1.807, 2.05) is 32.9 Å². The van der Waals surface area contributed by atoms with Crippen molar-refractivity contribution in [2.24, 2.45) is 0 Å². The number of allylic oxidation sites excluding steroid dienone is 7. The minimum atomic E-state index is 1.06. The first-order valence-corrected chi connectivity index (χ1v) is 8.58. The summed E-state index contributed by atoms with van der Waals surface area (Å²) in [6, 6.07) is 0. The van der Waals surface area contributed by atoms with Crippen LogP contribution in [0.15, 0.2) is 59.9 Å². The first-order chi connectivity index (χ1) is 10.5. The molecule has 0 heterocycles. The van der Waals surface area contributed by atoms with Crippen molar-refractivity contribution in [3.63, 3.8) is 0 Å². The molecule has 0 aliphatic heterocycles. The maximum Gasteiger partial charge on any atom is 0.0290 e. The van der Waals surface area contributed by atoms with E-state index in [4.69, 9.17) is 0 Å². The predicted octanol–water partition coefficient (Wildman–Crippen LogP) is 6.43. The SMILES string of the molecule is C=C(C)/C=C\C(=C)N(C)CCCCC1=CC=C(C)CC1.CC. The molecule has 0 saturated carbocycles. The first kappa shape index (κ1) is 20.5. The summed E-state index contributed by atoms with van der Waals surface area (Å²) in [5.41, 5.74) is 5.24. The van der Waals surface area contributed by atoms with Gasteiger partial charge in [-0.05, 0) is 52.0 Å². The Morgan fingerprint density at radius 3 is 2.36 bits per heavy atom. The van der Waals surface area contributed by atoms with Crippen LogP contribution in [0, 0.1) is 0 Å². The average molecular weight is 302 g/mol. The van der Waals surface area contributed by atoms with Crippen molar-refractivity contribution in [3.05, 3.63) is 59.9 Å². The van der Waals surface area contributed by atoms with Crippen LogP contribution in [0.25, 0.3) is 0 Å². The van der Waals surface area contributed by atoms with Gasteiger partial charge in [-0.25, -0.2) is 0 Å². The molecule has 0 fully saturated rings. The molecular formula is C21H35N. The second kappa shape index (κ2) is 12.1. The summed E-state index contributed by atoms with van der Waals surface area (Å²) in [5, 5.41) is 0. The highest BCUT2D eigenvalue weighted by Gasteiger charge is 2.04. The van der Waals surface area contributed by atoms with Gasteiger partial charge in [0.2, 0.25) is 0 Å². The van der Waals surface area contributed by atoms with Gasteiger partial charge in [0, 0.05) is 19.3 Å². The molecule has 0 aromatic carbocycles. The van der Waals surface area contributed by atoms with Gasteiger partial charge in [-0.1, -0.05) is 62.0 Å². The lowest BCUT2D eigenvalue weighted by Crippen LogP contribution is -2.17. The lowest BCUT2D eigenvalue weighted by atomic mass is 9.96. The third kappa shape index (κ3) is 9.44. The Balaban J connectivity index is 0.00000211. The molecule has 0 radical (unpaired) electrons. The molecule has 1 rings (SSSR count). The molecule has 1 heteroatoms. The summed E-state index contributed by atoms with van der Waals surface area (Å²) in [5.74, 6) is 0. The smallest absolute Gasteiger partial charge is 0.0290 e. The van der Waals surface area contributed by atoms with Crippen molar-refractivity contribution >= 4 is 0 Å². The van der Waals surface area contributed by atoms with Crippen LogP contribution < -0.4 is 0 Å². The minimum Gasteiger partial charge on any atom is -0.375 e. The van der Waals surface area contributed by atoms with Crippen LogP contribution in [0.5, 0.6) is 0 Å². The fourth-order valence-electron chi connectivity index (χ4n) is 2.20. The number of unbranched alkanes of at least 4 members (excludes halogenated alkanes) is 1. The first-order valence-electron chi connectivity index (χ1n) is 8.58. The maximum atomic E-state index is 4.08. The summed E-state index contributed by atoms with van der Waals surface area (Å²) >= 11 is 0. The third-order valence-electron chi connectivity index (χ3n) is 3.74. The second-order valence-electron chi connectivity index (χ2n) is 5.89. The highest BCUT2D eigenvalue weighted by molar-refractivity contribution is 5.23. The van der Waals surface area contributed by atoms with Crippen molar-refractivity contribution < 1.29 is 0 Å². The molecule has 0 spiro atoms. The third-order valence-corrected chi connectivity index (χ3v) is 3.74. The number of likely N-dealkylation sites (N-methyl/N-ethyl adjacent to an activating group) is 1. The van der Waals surface area contributed by atoms with E-state index in [1.54, 1.807) is 5.57 Å². The fraction of sp³-hybridized carbons (Fsp3) is 0.524. The Bertz CT molecular complexity index is 435. The molecule has 1 aliphatic carbocycles. The number of rotatable bonds is 8. The molecule has 1 nitrogen and oxygen atoms in total. The van der Waals surface area contributed by atoms with Gasteiger partial charge >= 0.3 is 0 Å². The maximum absolute atomic E-state index is 4.08. The Kier molecular flexibility index (Phi) is 11.3. The summed E-state index contributed by atoms with van der Waals surface area (Å²) in [4.78, 5) is 2.22. The van der Waals surface area contributed by atoms with E-state index in [2.05, 4.69) is 44.2 Å². The largest absolute Gasteiger partial charge is 0.375 e. The van der Waals surface area contributed by atoms with Crippen LogP contribution in [-0.2, 0) is 0 Å². The quantitative estimate of drug-likeness (QED) is 0.369. The topological polar surface area (TPSA) is 3.24 Å². The molecule has 0 saturated heterocycles. The zero-order valence-corrected chi connectivity index (χ0v) is 15.4. The van der Waals surface area contributed by atoms with Crippen LogP contribution in [0.4, 0.5) is 0 Å². The molecule has 0 aromatic heterocycles. The Morgan fingerprint density at radius 1 is 1.14 bits per heavy atom. The molecule has 0 atom stereocenters. The van der Waals surface area contributed by atoms with E-state index in [0.29, 0.717) is 0 Å². The molecule has 124 valence electrons. The molecule has 0 N–H and O–H groups in total. The van der Waals surface area contributed by atoms with E-state index >= 15 is 0 Å². The lowest BCUT2D eigenvalue weighted by Gasteiger charge is -2.19. The molecule has 0 amide bonds. The summed E-state index contributed by atoms with van der Waals surface area (Å²) in [7, 11) is 2.11. The van der Waals surface area contributed by atoms with Crippen molar-refractivity contribution in [2.75, 3.05) is 13.6 Å². The molecule has 0 aromatic rings. The van der Waals surface area contributed by atoms with Crippen molar-refractivity contribution in [1.82, 2.24) is 4.90 Å². The van der Waals surface area contributed by atoms with Crippen LogP contribution in [0.2, 0.25) is 0 Å². The standard InChI is InChI=1S/C19H29N.C2H6/c1-16(2)9-12-18(4)20(5)15-7-6-8-19-13-10-17(3)11-14-19;1-2/h9-10,12-13H,1,4,6-8,11,14-15H2,2-3,5H3;1-2H3/b12-9-;. The lowest BCUT2D eigenvalue weighted by molar-refractivity contribution is 0.414. The summed E-state index contributed by atoms with van der Waals surface area (Å²) in [6.45, 7) is 17.2. The summed E-state index contributed by atoms with van der Waals surface area (Å²) in [6.07, 6.45) is 14.9. The number of hydrogen-bond acceptors (Lipinski definition) is 1. The van der Waals surface area contributed by atoms with Crippen LogP contribution >= 0.6 is 0 Å².